The first-order valence-corrected chi connectivity index (χ1v) is 5.20. The predicted molar refractivity (Wildman–Crippen MR) is 58.5 cm³/mol. The monoisotopic (exact) mass is 215 g/mol. The molecule has 4 heteroatoms. The van der Waals surface area contributed by atoms with Crippen LogP contribution in [0.5, 0.6) is 0 Å². The Morgan fingerprint density at radius 3 is 2.20 bits per heavy atom. The smallest absolute Gasteiger partial charge is 0.310 e. The average molecular weight is 215 g/mol. The fourth-order valence-electron chi connectivity index (χ4n) is 1.29. The zero-order valence-corrected chi connectivity index (χ0v) is 10.2. The lowest BCUT2D eigenvalue weighted by molar-refractivity contribution is -0.149. The third kappa shape index (κ3) is 3.90. The predicted octanol–water partition coefficient (Wildman–Crippen LogP) is 1.60. The van der Waals surface area contributed by atoms with Gasteiger partial charge in [-0.2, -0.15) is 0 Å². The molecule has 0 aliphatic heterocycles. The SMILES string of the molecule is CCC(C)C(=O)N(C)CC(C)(C)C(=O)O. The van der Waals surface area contributed by atoms with Gasteiger partial charge in [0.25, 0.3) is 0 Å². The van der Waals surface area contributed by atoms with Gasteiger partial charge in [0, 0.05) is 19.5 Å². The van der Waals surface area contributed by atoms with Gasteiger partial charge in [0.1, 0.15) is 0 Å². The number of carbonyl (C=O) groups is 2. The van der Waals surface area contributed by atoms with Crippen molar-refractivity contribution in [2.45, 2.75) is 34.1 Å². The molecule has 0 saturated carbocycles. The van der Waals surface area contributed by atoms with Gasteiger partial charge in [-0.15, -0.1) is 0 Å². The normalized spacial score (nSPS) is 13.4. The van der Waals surface area contributed by atoms with E-state index in [1.165, 1.54) is 4.90 Å². The van der Waals surface area contributed by atoms with Gasteiger partial charge in [-0.05, 0) is 20.3 Å². The molecule has 1 amide bonds. The van der Waals surface area contributed by atoms with Crippen molar-refractivity contribution in [2.75, 3.05) is 13.6 Å². The standard InChI is InChI=1S/C11H21NO3/c1-6-8(2)9(13)12(5)7-11(3,4)10(14)15/h8H,6-7H2,1-5H3,(H,14,15). The first-order valence-electron chi connectivity index (χ1n) is 5.20. The van der Waals surface area contributed by atoms with Crippen LogP contribution in [0.4, 0.5) is 0 Å². The molecule has 0 aliphatic carbocycles. The summed E-state index contributed by atoms with van der Waals surface area (Å²) in [5.74, 6) is -0.919. The van der Waals surface area contributed by atoms with Crippen molar-refractivity contribution >= 4 is 11.9 Å². The van der Waals surface area contributed by atoms with Crippen LogP contribution in [0.1, 0.15) is 34.1 Å². The molecule has 0 bridgehead atoms. The molecular formula is C11H21NO3. The molecule has 0 rings (SSSR count). The Kier molecular flexibility index (Phi) is 4.78. The van der Waals surface area contributed by atoms with E-state index in [1.54, 1.807) is 20.9 Å². The van der Waals surface area contributed by atoms with E-state index < -0.39 is 11.4 Å². The fraction of sp³-hybridized carbons (Fsp3) is 0.818. The van der Waals surface area contributed by atoms with Gasteiger partial charge in [0.2, 0.25) is 5.91 Å². The average Bonchev–Trinajstić information content (AvgIpc) is 2.14. The molecule has 0 aliphatic rings. The van der Waals surface area contributed by atoms with Crippen LogP contribution in [0, 0.1) is 11.3 Å². The molecule has 0 fully saturated rings. The topological polar surface area (TPSA) is 57.6 Å². The molecule has 0 aromatic heterocycles. The lowest BCUT2D eigenvalue weighted by atomic mass is 9.92. The van der Waals surface area contributed by atoms with E-state index in [0.29, 0.717) is 0 Å². The lowest BCUT2D eigenvalue weighted by Gasteiger charge is -2.28. The first-order chi connectivity index (χ1) is 6.72. The van der Waals surface area contributed by atoms with Crippen molar-refractivity contribution < 1.29 is 14.7 Å². The minimum absolute atomic E-state index is 0.00632. The first kappa shape index (κ1) is 13.9. The zero-order chi connectivity index (χ0) is 12.2. The van der Waals surface area contributed by atoms with Crippen LogP contribution < -0.4 is 0 Å². The number of carbonyl (C=O) groups excluding carboxylic acids is 1. The molecule has 1 unspecified atom stereocenters. The van der Waals surface area contributed by atoms with Crippen LogP contribution in [0.3, 0.4) is 0 Å². The van der Waals surface area contributed by atoms with E-state index in [0.717, 1.165) is 6.42 Å². The molecule has 0 saturated heterocycles. The Hall–Kier alpha value is -1.06. The van der Waals surface area contributed by atoms with Crippen molar-refractivity contribution in [2.24, 2.45) is 11.3 Å². The summed E-state index contributed by atoms with van der Waals surface area (Å²) in [6.45, 7) is 7.28. The number of nitrogens with zero attached hydrogens (tertiary/aromatic N) is 1. The maximum Gasteiger partial charge on any atom is 0.310 e. The number of rotatable bonds is 5. The summed E-state index contributed by atoms with van der Waals surface area (Å²) in [5.41, 5.74) is -0.891. The summed E-state index contributed by atoms with van der Waals surface area (Å²) in [6.07, 6.45) is 0.774. The molecule has 0 heterocycles. The van der Waals surface area contributed by atoms with Gasteiger partial charge in [0.15, 0.2) is 0 Å². The molecule has 0 radical (unpaired) electrons. The zero-order valence-electron chi connectivity index (χ0n) is 10.2. The van der Waals surface area contributed by atoms with Gasteiger partial charge in [0.05, 0.1) is 5.41 Å². The van der Waals surface area contributed by atoms with Crippen LogP contribution in [-0.2, 0) is 9.59 Å². The summed E-state index contributed by atoms with van der Waals surface area (Å²) >= 11 is 0. The maximum atomic E-state index is 11.7. The van der Waals surface area contributed by atoms with E-state index >= 15 is 0 Å². The van der Waals surface area contributed by atoms with E-state index in [1.807, 2.05) is 13.8 Å². The second-order valence-corrected chi connectivity index (χ2v) is 4.69. The Morgan fingerprint density at radius 1 is 1.40 bits per heavy atom. The third-order valence-electron chi connectivity index (χ3n) is 2.62. The quantitative estimate of drug-likeness (QED) is 0.757. The summed E-state index contributed by atoms with van der Waals surface area (Å²) in [4.78, 5) is 24.1. The highest BCUT2D eigenvalue weighted by atomic mass is 16.4. The lowest BCUT2D eigenvalue weighted by Crippen LogP contribution is -2.42. The summed E-state index contributed by atoms with van der Waals surface area (Å²) in [7, 11) is 1.65. The van der Waals surface area contributed by atoms with Crippen LogP contribution in [0.2, 0.25) is 0 Å². The van der Waals surface area contributed by atoms with Gasteiger partial charge in [-0.1, -0.05) is 13.8 Å². The molecule has 15 heavy (non-hydrogen) atoms. The fourth-order valence-corrected chi connectivity index (χ4v) is 1.29. The highest BCUT2D eigenvalue weighted by molar-refractivity contribution is 5.80. The highest BCUT2D eigenvalue weighted by Gasteiger charge is 2.31. The number of amides is 1. The molecule has 88 valence electrons. The van der Waals surface area contributed by atoms with Gasteiger partial charge in [-0.25, -0.2) is 0 Å². The van der Waals surface area contributed by atoms with Crippen molar-refractivity contribution in [3.05, 3.63) is 0 Å². The molecule has 0 aromatic carbocycles. The van der Waals surface area contributed by atoms with E-state index in [2.05, 4.69) is 0 Å². The van der Waals surface area contributed by atoms with Crippen molar-refractivity contribution in [3.63, 3.8) is 0 Å². The van der Waals surface area contributed by atoms with E-state index in [9.17, 15) is 9.59 Å². The number of hydrogen-bond donors (Lipinski definition) is 1. The maximum absolute atomic E-state index is 11.7. The Balaban J connectivity index is 4.43. The van der Waals surface area contributed by atoms with Crippen molar-refractivity contribution in [1.29, 1.82) is 0 Å². The molecular weight excluding hydrogens is 194 g/mol. The van der Waals surface area contributed by atoms with Gasteiger partial charge in [-0.3, -0.25) is 9.59 Å². The number of carboxylic acid groups (broad SMARTS) is 1. The second-order valence-electron chi connectivity index (χ2n) is 4.69. The minimum atomic E-state index is -0.891. The highest BCUT2D eigenvalue weighted by Crippen LogP contribution is 2.18. The van der Waals surface area contributed by atoms with Crippen LogP contribution in [0.25, 0.3) is 0 Å². The van der Waals surface area contributed by atoms with Crippen molar-refractivity contribution in [3.8, 4) is 0 Å². The molecule has 4 nitrogen and oxygen atoms in total. The number of aliphatic carboxylic acids is 1. The van der Waals surface area contributed by atoms with E-state index in [-0.39, 0.29) is 18.4 Å². The van der Waals surface area contributed by atoms with Crippen LogP contribution in [0.15, 0.2) is 0 Å². The Labute approximate surface area is 91.3 Å². The molecule has 1 N–H and O–H groups in total. The largest absolute Gasteiger partial charge is 0.481 e. The van der Waals surface area contributed by atoms with E-state index in [4.69, 9.17) is 5.11 Å². The number of hydrogen-bond acceptors (Lipinski definition) is 2. The number of carboxylic acids is 1. The molecule has 0 spiro atoms. The Morgan fingerprint density at radius 2 is 1.87 bits per heavy atom. The Bertz CT molecular complexity index is 248. The minimum Gasteiger partial charge on any atom is -0.481 e. The molecule has 1 atom stereocenters. The van der Waals surface area contributed by atoms with Crippen molar-refractivity contribution in [1.82, 2.24) is 4.90 Å². The summed E-state index contributed by atoms with van der Waals surface area (Å²) < 4.78 is 0. The second kappa shape index (κ2) is 5.14. The summed E-state index contributed by atoms with van der Waals surface area (Å²) in [6, 6.07) is 0. The molecule has 0 aromatic rings. The summed E-state index contributed by atoms with van der Waals surface area (Å²) in [5, 5.41) is 8.93. The van der Waals surface area contributed by atoms with Crippen LogP contribution in [-0.4, -0.2) is 35.5 Å². The van der Waals surface area contributed by atoms with Crippen LogP contribution >= 0.6 is 0 Å². The third-order valence-corrected chi connectivity index (χ3v) is 2.62. The van der Waals surface area contributed by atoms with Gasteiger partial charge < -0.3 is 10.0 Å². The van der Waals surface area contributed by atoms with Gasteiger partial charge >= 0.3 is 5.97 Å².